The number of alkyl halides is 1. The minimum atomic E-state index is -3.40. The molecule has 0 fully saturated rings. The van der Waals surface area contributed by atoms with Crippen LogP contribution in [0.15, 0.2) is 18.2 Å². The van der Waals surface area contributed by atoms with Crippen LogP contribution in [0, 0.1) is 0 Å². The topological polar surface area (TPSA) is 54.4 Å². The van der Waals surface area contributed by atoms with Gasteiger partial charge in [-0.3, -0.25) is 0 Å². The van der Waals surface area contributed by atoms with Crippen molar-refractivity contribution in [1.82, 2.24) is 0 Å². The number of benzene rings is 1. The standard InChI is InChI=1S/C9H9BrCl2O3S/c1-16(14,15)9(10)8(13)6-3-2-5(11)4-7(6)12/h2-4,8-9,13H,1H3/t8-,9-/m0/s1. The average molecular weight is 348 g/mol. The van der Waals surface area contributed by atoms with Crippen molar-refractivity contribution in [3.05, 3.63) is 33.8 Å². The van der Waals surface area contributed by atoms with Gasteiger partial charge in [0.25, 0.3) is 0 Å². The second-order valence-electron chi connectivity index (χ2n) is 3.29. The van der Waals surface area contributed by atoms with Crippen molar-refractivity contribution in [2.24, 2.45) is 0 Å². The predicted octanol–water partition coefficient (Wildman–Crippen LogP) is 2.79. The van der Waals surface area contributed by atoms with E-state index in [1.54, 1.807) is 0 Å². The second kappa shape index (κ2) is 5.23. The number of rotatable bonds is 3. The van der Waals surface area contributed by atoms with Crippen LogP contribution in [0.1, 0.15) is 11.7 Å². The van der Waals surface area contributed by atoms with Crippen molar-refractivity contribution in [3.8, 4) is 0 Å². The monoisotopic (exact) mass is 346 g/mol. The summed E-state index contributed by atoms with van der Waals surface area (Å²) in [6.45, 7) is 0. The van der Waals surface area contributed by atoms with Gasteiger partial charge in [-0.15, -0.1) is 0 Å². The van der Waals surface area contributed by atoms with Gasteiger partial charge in [-0.25, -0.2) is 8.42 Å². The molecule has 1 rings (SSSR count). The molecule has 16 heavy (non-hydrogen) atoms. The van der Waals surface area contributed by atoms with E-state index in [1.807, 2.05) is 0 Å². The summed E-state index contributed by atoms with van der Waals surface area (Å²) < 4.78 is 21.4. The number of aliphatic hydroxyl groups excluding tert-OH is 1. The number of halogens is 3. The summed E-state index contributed by atoms with van der Waals surface area (Å²) in [4.78, 5) is 0. The van der Waals surface area contributed by atoms with Crippen LogP contribution in [-0.4, -0.2) is 23.9 Å². The molecule has 0 amide bonds. The first kappa shape index (κ1) is 14.3. The Balaban J connectivity index is 3.10. The lowest BCUT2D eigenvalue weighted by Crippen LogP contribution is -2.21. The van der Waals surface area contributed by atoms with Crippen molar-refractivity contribution in [2.45, 2.75) is 10.3 Å². The average Bonchev–Trinajstić information content (AvgIpc) is 2.14. The van der Waals surface area contributed by atoms with E-state index in [2.05, 4.69) is 15.9 Å². The fourth-order valence-corrected chi connectivity index (χ4v) is 2.54. The zero-order chi connectivity index (χ0) is 12.5. The van der Waals surface area contributed by atoms with Crippen LogP contribution < -0.4 is 0 Å². The first-order chi connectivity index (χ1) is 7.23. The minimum absolute atomic E-state index is 0.230. The van der Waals surface area contributed by atoms with Gasteiger partial charge in [-0.1, -0.05) is 45.2 Å². The molecule has 1 N–H and O–H groups in total. The van der Waals surface area contributed by atoms with Gasteiger partial charge >= 0.3 is 0 Å². The molecule has 90 valence electrons. The smallest absolute Gasteiger partial charge is 0.163 e. The zero-order valence-corrected chi connectivity index (χ0v) is 12.1. The Kier molecular flexibility index (Phi) is 4.66. The van der Waals surface area contributed by atoms with Gasteiger partial charge < -0.3 is 5.11 Å². The zero-order valence-electron chi connectivity index (χ0n) is 8.19. The maximum Gasteiger partial charge on any atom is 0.163 e. The highest BCUT2D eigenvalue weighted by atomic mass is 79.9. The van der Waals surface area contributed by atoms with Crippen LogP contribution >= 0.6 is 39.1 Å². The minimum Gasteiger partial charge on any atom is -0.386 e. The van der Waals surface area contributed by atoms with Crippen molar-refractivity contribution >= 4 is 49.0 Å². The van der Waals surface area contributed by atoms with Crippen LogP contribution in [0.5, 0.6) is 0 Å². The van der Waals surface area contributed by atoms with Crippen LogP contribution in [0.3, 0.4) is 0 Å². The lowest BCUT2D eigenvalue weighted by Gasteiger charge is -2.17. The van der Waals surface area contributed by atoms with Crippen molar-refractivity contribution in [2.75, 3.05) is 6.26 Å². The fraction of sp³-hybridized carbons (Fsp3) is 0.333. The summed E-state index contributed by atoms with van der Waals surface area (Å²) in [7, 11) is -3.40. The molecule has 0 heterocycles. The molecule has 1 aromatic carbocycles. The Labute approximate surface area is 112 Å². The molecule has 0 aromatic heterocycles. The highest BCUT2D eigenvalue weighted by molar-refractivity contribution is 9.11. The highest BCUT2D eigenvalue weighted by Crippen LogP contribution is 2.32. The third-order valence-corrected chi connectivity index (χ3v) is 6.11. The summed E-state index contributed by atoms with van der Waals surface area (Å²) in [6.07, 6.45) is -0.209. The van der Waals surface area contributed by atoms with E-state index < -0.39 is 20.1 Å². The maximum atomic E-state index is 11.2. The normalized spacial score (nSPS) is 15.8. The van der Waals surface area contributed by atoms with E-state index in [-0.39, 0.29) is 5.02 Å². The summed E-state index contributed by atoms with van der Waals surface area (Å²) in [5.41, 5.74) is 0.318. The van der Waals surface area contributed by atoms with Gasteiger partial charge in [0.2, 0.25) is 0 Å². The Morgan fingerprint density at radius 1 is 1.38 bits per heavy atom. The number of aliphatic hydroxyl groups is 1. The lowest BCUT2D eigenvalue weighted by atomic mass is 10.1. The molecule has 7 heteroatoms. The van der Waals surface area contributed by atoms with Gasteiger partial charge in [-0.05, 0) is 12.1 Å². The van der Waals surface area contributed by atoms with Crippen LogP contribution in [-0.2, 0) is 9.84 Å². The lowest BCUT2D eigenvalue weighted by molar-refractivity contribution is 0.195. The first-order valence-corrected chi connectivity index (χ1v) is 7.82. The van der Waals surface area contributed by atoms with Crippen molar-refractivity contribution < 1.29 is 13.5 Å². The van der Waals surface area contributed by atoms with E-state index in [9.17, 15) is 13.5 Å². The maximum absolute atomic E-state index is 11.2. The molecule has 0 saturated heterocycles. The first-order valence-electron chi connectivity index (χ1n) is 4.19. The molecule has 0 aliphatic rings. The molecule has 2 atom stereocenters. The molecule has 0 unspecified atom stereocenters. The SMILES string of the molecule is CS(=O)(=O)[C@H](Br)[C@@H](O)c1ccc(Cl)cc1Cl. The molecule has 0 aliphatic heterocycles. The van der Waals surface area contributed by atoms with Crippen LogP contribution in [0.25, 0.3) is 0 Å². The summed E-state index contributed by atoms with van der Waals surface area (Å²) in [5, 5.41) is 10.5. The second-order valence-corrected chi connectivity index (χ2v) is 7.89. The van der Waals surface area contributed by atoms with E-state index in [0.717, 1.165) is 6.26 Å². The molecule has 1 aromatic rings. The predicted molar refractivity (Wildman–Crippen MR) is 69.0 cm³/mol. The largest absolute Gasteiger partial charge is 0.386 e. The Morgan fingerprint density at radius 2 is 1.94 bits per heavy atom. The van der Waals surface area contributed by atoms with E-state index in [4.69, 9.17) is 23.2 Å². The fourth-order valence-electron chi connectivity index (χ4n) is 1.12. The van der Waals surface area contributed by atoms with Crippen molar-refractivity contribution in [3.63, 3.8) is 0 Å². The van der Waals surface area contributed by atoms with E-state index >= 15 is 0 Å². The third-order valence-electron chi connectivity index (χ3n) is 1.94. The van der Waals surface area contributed by atoms with E-state index in [0.29, 0.717) is 10.6 Å². The van der Waals surface area contributed by atoms with Crippen LogP contribution in [0.2, 0.25) is 10.0 Å². The van der Waals surface area contributed by atoms with Gasteiger partial charge in [0.05, 0.1) is 0 Å². The van der Waals surface area contributed by atoms with Gasteiger partial charge in [0.1, 0.15) is 10.3 Å². The summed E-state index contributed by atoms with van der Waals surface area (Å²) in [5.74, 6) is 0. The molecular formula is C9H9BrCl2O3S. The van der Waals surface area contributed by atoms with E-state index in [1.165, 1.54) is 18.2 Å². The Bertz CT molecular complexity index is 490. The number of hydrogen-bond acceptors (Lipinski definition) is 3. The number of hydrogen-bond donors (Lipinski definition) is 1. The quantitative estimate of drug-likeness (QED) is 0.855. The molecule has 0 bridgehead atoms. The molecular weight excluding hydrogens is 339 g/mol. The number of sulfone groups is 1. The highest BCUT2D eigenvalue weighted by Gasteiger charge is 2.28. The molecule has 0 saturated carbocycles. The van der Waals surface area contributed by atoms with Gasteiger partial charge in [-0.2, -0.15) is 0 Å². The molecule has 0 aliphatic carbocycles. The molecule has 3 nitrogen and oxygen atoms in total. The molecule has 0 spiro atoms. The molecule has 0 radical (unpaired) electrons. The Morgan fingerprint density at radius 3 is 2.38 bits per heavy atom. The third kappa shape index (κ3) is 3.34. The van der Waals surface area contributed by atoms with Crippen LogP contribution in [0.4, 0.5) is 0 Å². The summed E-state index contributed by atoms with van der Waals surface area (Å²) >= 11 is 14.5. The summed E-state index contributed by atoms with van der Waals surface area (Å²) in [6, 6.07) is 4.48. The van der Waals surface area contributed by atoms with Gasteiger partial charge in [0.15, 0.2) is 9.84 Å². The van der Waals surface area contributed by atoms with Gasteiger partial charge in [0, 0.05) is 21.9 Å². The Hall–Kier alpha value is 0.190. The van der Waals surface area contributed by atoms with Crippen molar-refractivity contribution in [1.29, 1.82) is 0 Å².